The molecule has 2 aromatic rings. The second-order valence-corrected chi connectivity index (χ2v) is 4.98. The predicted octanol–water partition coefficient (Wildman–Crippen LogP) is 2.60. The van der Waals surface area contributed by atoms with Crippen LogP contribution < -0.4 is 10.5 Å². The molecule has 2 rings (SSSR count). The van der Waals surface area contributed by atoms with Crippen LogP contribution in [0.2, 0.25) is 0 Å². The van der Waals surface area contributed by atoms with Crippen molar-refractivity contribution in [1.82, 2.24) is 9.47 Å². The molecule has 2 N–H and O–H groups in total. The van der Waals surface area contributed by atoms with Crippen molar-refractivity contribution in [3.63, 3.8) is 0 Å². The van der Waals surface area contributed by atoms with Crippen molar-refractivity contribution in [3.05, 3.63) is 30.0 Å². The van der Waals surface area contributed by atoms with Gasteiger partial charge < -0.3 is 15.4 Å². The number of aromatic nitrogens is 1. The molecule has 114 valence electrons. The molecule has 0 aliphatic heterocycles. The molecule has 0 unspecified atom stereocenters. The zero-order valence-corrected chi connectivity index (χ0v) is 12.9. The van der Waals surface area contributed by atoms with Gasteiger partial charge in [0, 0.05) is 11.9 Å². The van der Waals surface area contributed by atoms with Crippen LogP contribution in [-0.2, 0) is 0 Å². The molecule has 0 spiro atoms. The van der Waals surface area contributed by atoms with E-state index in [4.69, 9.17) is 10.5 Å². The van der Waals surface area contributed by atoms with Gasteiger partial charge in [-0.05, 0) is 32.1 Å². The number of benzene rings is 1. The first-order chi connectivity index (χ1) is 10.1. The zero-order valence-electron chi connectivity index (χ0n) is 12.9. The molecule has 0 bridgehead atoms. The number of fused-ring (bicyclic) bond motifs is 1. The highest BCUT2D eigenvalue weighted by atomic mass is 16.5. The van der Waals surface area contributed by atoms with Crippen molar-refractivity contribution >= 4 is 16.9 Å². The maximum Gasteiger partial charge on any atom is 0.323 e. The van der Waals surface area contributed by atoms with E-state index in [2.05, 4.69) is 18.7 Å². The predicted molar refractivity (Wildman–Crippen MR) is 84.9 cm³/mol. The second-order valence-electron chi connectivity index (χ2n) is 4.98. The molecule has 1 heterocycles. The molecule has 0 aliphatic rings. The molecule has 0 saturated carbocycles. The normalized spacial score (nSPS) is 11.2. The highest BCUT2D eigenvalue weighted by Gasteiger charge is 2.17. The number of primary amides is 1. The monoisotopic (exact) mass is 289 g/mol. The van der Waals surface area contributed by atoms with Gasteiger partial charge in [-0.2, -0.15) is 0 Å². The maximum absolute atomic E-state index is 11.6. The van der Waals surface area contributed by atoms with E-state index in [1.807, 2.05) is 31.2 Å². The minimum Gasteiger partial charge on any atom is -0.490 e. The van der Waals surface area contributed by atoms with Gasteiger partial charge in [-0.15, -0.1) is 0 Å². The summed E-state index contributed by atoms with van der Waals surface area (Å²) < 4.78 is 7.45. The Bertz CT molecular complexity index is 630. The van der Waals surface area contributed by atoms with Crippen LogP contribution in [0.1, 0.15) is 19.5 Å². The van der Waals surface area contributed by atoms with Gasteiger partial charge in [-0.25, -0.2) is 4.79 Å². The molecular formula is C16H23N3O2. The molecule has 5 heteroatoms. The smallest absolute Gasteiger partial charge is 0.323 e. The second kappa shape index (κ2) is 6.63. The summed E-state index contributed by atoms with van der Waals surface area (Å²) in [6, 6.07) is 7.17. The van der Waals surface area contributed by atoms with Crippen molar-refractivity contribution in [2.45, 2.75) is 20.8 Å². The molecule has 0 radical (unpaired) electrons. The standard InChI is InChI=1S/C16H23N3O2/c1-4-18(5-2)10-11-21-15-12(3)19(16(17)20)14-9-7-6-8-13(14)15/h6-9H,4-5,10-11H2,1-3H3,(H2,17,20). The lowest BCUT2D eigenvalue weighted by Crippen LogP contribution is -2.28. The zero-order chi connectivity index (χ0) is 15.4. The van der Waals surface area contributed by atoms with Gasteiger partial charge in [0.2, 0.25) is 0 Å². The number of amides is 1. The summed E-state index contributed by atoms with van der Waals surface area (Å²) in [6.45, 7) is 9.58. The average molecular weight is 289 g/mol. The highest BCUT2D eigenvalue weighted by molar-refractivity contribution is 5.96. The largest absolute Gasteiger partial charge is 0.490 e. The summed E-state index contributed by atoms with van der Waals surface area (Å²) in [5.41, 5.74) is 7.02. The number of ether oxygens (including phenoxy) is 1. The van der Waals surface area contributed by atoms with Crippen LogP contribution in [0.3, 0.4) is 0 Å². The van der Waals surface area contributed by atoms with Gasteiger partial charge in [0.15, 0.2) is 0 Å². The molecule has 21 heavy (non-hydrogen) atoms. The Morgan fingerprint density at radius 2 is 1.95 bits per heavy atom. The maximum atomic E-state index is 11.6. The third-order valence-electron chi connectivity index (χ3n) is 3.82. The third kappa shape index (κ3) is 3.03. The van der Waals surface area contributed by atoms with Gasteiger partial charge in [-0.3, -0.25) is 4.57 Å². The highest BCUT2D eigenvalue weighted by Crippen LogP contribution is 2.32. The van der Waals surface area contributed by atoms with Crippen molar-refractivity contribution in [2.24, 2.45) is 5.73 Å². The first-order valence-corrected chi connectivity index (χ1v) is 7.35. The fourth-order valence-corrected chi connectivity index (χ4v) is 2.62. The van der Waals surface area contributed by atoms with Crippen molar-refractivity contribution in [3.8, 4) is 5.75 Å². The van der Waals surface area contributed by atoms with Gasteiger partial charge in [0.1, 0.15) is 12.4 Å². The lowest BCUT2D eigenvalue weighted by molar-refractivity contribution is 0.223. The van der Waals surface area contributed by atoms with E-state index < -0.39 is 6.03 Å². The van der Waals surface area contributed by atoms with E-state index in [0.29, 0.717) is 6.61 Å². The molecular weight excluding hydrogens is 266 g/mol. The molecule has 0 aliphatic carbocycles. The summed E-state index contributed by atoms with van der Waals surface area (Å²) in [5.74, 6) is 0.747. The van der Waals surface area contributed by atoms with Crippen LogP contribution in [0.15, 0.2) is 24.3 Å². The van der Waals surface area contributed by atoms with Gasteiger partial charge in [-0.1, -0.05) is 26.0 Å². The first-order valence-electron chi connectivity index (χ1n) is 7.35. The number of hydrogen-bond acceptors (Lipinski definition) is 3. The number of likely N-dealkylation sites (N-methyl/N-ethyl adjacent to an activating group) is 1. The number of carbonyl (C=O) groups excluding carboxylic acids is 1. The van der Waals surface area contributed by atoms with Crippen molar-refractivity contribution in [2.75, 3.05) is 26.2 Å². The molecule has 0 atom stereocenters. The Labute approximate surface area is 125 Å². The third-order valence-corrected chi connectivity index (χ3v) is 3.82. The van der Waals surface area contributed by atoms with Crippen LogP contribution in [0.4, 0.5) is 4.79 Å². The van der Waals surface area contributed by atoms with Gasteiger partial charge in [0.05, 0.1) is 11.2 Å². The van der Waals surface area contributed by atoms with E-state index in [1.54, 1.807) is 0 Å². The topological polar surface area (TPSA) is 60.5 Å². The van der Waals surface area contributed by atoms with Crippen LogP contribution >= 0.6 is 0 Å². The van der Waals surface area contributed by atoms with Gasteiger partial charge in [0.25, 0.3) is 0 Å². The minimum absolute atomic E-state index is 0.484. The first kappa shape index (κ1) is 15.4. The number of para-hydroxylation sites is 1. The molecule has 1 amide bonds. The van der Waals surface area contributed by atoms with Crippen LogP contribution in [-0.4, -0.2) is 41.7 Å². The number of hydrogen-bond donors (Lipinski definition) is 1. The Morgan fingerprint density at radius 3 is 2.57 bits per heavy atom. The lowest BCUT2D eigenvalue weighted by Gasteiger charge is -2.18. The summed E-state index contributed by atoms with van der Waals surface area (Å²) >= 11 is 0. The fourth-order valence-electron chi connectivity index (χ4n) is 2.62. The van der Waals surface area contributed by atoms with E-state index >= 15 is 0 Å². The average Bonchev–Trinajstić information content (AvgIpc) is 2.76. The van der Waals surface area contributed by atoms with E-state index in [9.17, 15) is 4.79 Å². The summed E-state index contributed by atoms with van der Waals surface area (Å²) in [7, 11) is 0. The van der Waals surface area contributed by atoms with Crippen LogP contribution in [0.5, 0.6) is 5.75 Å². The van der Waals surface area contributed by atoms with Crippen LogP contribution in [0, 0.1) is 6.92 Å². The van der Waals surface area contributed by atoms with E-state index in [-0.39, 0.29) is 0 Å². The van der Waals surface area contributed by atoms with Gasteiger partial charge >= 0.3 is 6.03 Å². The summed E-state index contributed by atoms with van der Waals surface area (Å²) in [5, 5.41) is 0.924. The summed E-state index contributed by atoms with van der Waals surface area (Å²) in [4.78, 5) is 13.9. The van der Waals surface area contributed by atoms with E-state index in [1.165, 1.54) is 4.57 Å². The van der Waals surface area contributed by atoms with Crippen LogP contribution in [0.25, 0.3) is 10.9 Å². The Kier molecular flexibility index (Phi) is 4.85. The molecule has 0 saturated heterocycles. The van der Waals surface area contributed by atoms with Crippen molar-refractivity contribution < 1.29 is 9.53 Å². The number of rotatable bonds is 6. The molecule has 5 nitrogen and oxygen atoms in total. The number of nitrogens with zero attached hydrogens (tertiary/aromatic N) is 2. The number of carbonyl (C=O) groups is 1. The Morgan fingerprint density at radius 1 is 1.29 bits per heavy atom. The molecule has 1 aromatic carbocycles. The Balaban J connectivity index is 2.27. The van der Waals surface area contributed by atoms with E-state index in [0.717, 1.165) is 42.0 Å². The van der Waals surface area contributed by atoms with Crippen molar-refractivity contribution in [1.29, 1.82) is 0 Å². The lowest BCUT2D eigenvalue weighted by atomic mass is 10.2. The summed E-state index contributed by atoms with van der Waals surface area (Å²) in [6.07, 6.45) is 0. The minimum atomic E-state index is -0.484. The SMILES string of the molecule is CCN(CC)CCOc1c(C)n(C(N)=O)c2ccccc12. The molecule has 0 fully saturated rings. The molecule has 1 aromatic heterocycles. The number of nitrogens with two attached hydrogens (primary N) is 1. The Hall–Kier alpha value is -2.01. The quantitative estimate of drug-likeness (QED) is 0.889. The fraction of sp³-hybridized carbons (Fsp3) is 0.438.